The number of ether oxygens (including phenoxy) is 2. The first kappa shape index (κ1) is 14.1. The molecule has 0 atom stereocenters. The van der Waals surface area contributed by atoms with Crippen LogP contribution in [0.25, 0.3) is 0 Å². The number of pyridine rings is 1. The molecular formula is C14H13Cl2NO2. The average Bonchev–Trinajstić information content (AvgIpc) is 2.41. The highest BCUT2D eigenvalue weighted by molar-refractivity contribution is 6.32. The summed E-state index contributed by atoms with van der Waals surface area (Å²) in [5, 5.41) is 0.938. The normalized spacial score (nSPS) is 10.5. The maximum absolute atomic E-state index is 6.02. The van der Waals surface area contributed by atoms with Gasteiger partial charge in [-0.15, -0.1) is 0 Å². The largest absolute Gasteiger partial charge is 0.487 e. The van der Waals surface area contributed by atoms with Crippen LogP contribution in [0.1, 0.15) is 11.3 Å². The highest BCUT2D eigenvalue weighted by Gasteiger charge is 2.05. The average molecular weight is 298 g/mol. The summed E-state index contributed by atoms with van der Waals surface area (Å²) in [6.45, 7) is 0.823. The fourth-order valence-electron chi connectivity index (χ4n) is 1.60. The summed E-state index contributed by atoms with van der Waals surface area (Å²) in [4.78, 5) is 4.13. The number of hydrogen-bond donors (Lipinski definition) is 0. The van der Waals surface area contributed by atoms with Gasteiger partial charge < -0.3 is 9.47 Å². The lowest BCUT2D eigenvalue weighted by Gasteiger charge is -2.08. The van der Waals surface area contributed by atoms with Gasteiger partial charge in [0.05, 0.1) is 17.3 Å². The molecule has 0 saturated heterocycles. The number of aromatic nitrogens is 1. The maximum Gasteiger partial charge on any atom is 0.132 e. The second kappa shape index (κ2) is 6.75. The van der Waals surface area contributed by atoms with E-state index in [9.17, 15) is 0 Å². The highest BCUT2D eigenvalue weighted by atomic mass is 35.5. The zero-order valence-electron chi connectivity index (χ0n) is 10.4. The molecule has 2 aromatic rings. The fraction of sp³-hybridized carbons (Fsp3) is 0.214. The third-order valence-electron chi connectivity index (χ3n) is 2.47. The van der Waals surface area contributed by atoms with E-state index in [0.717, 1.165) is 11.3 Å². The van der Waals surface area contributed by atoms with E-state index in [1.165, 1.54) is 0 Å². The fourth-order valence-corrected chi connectivity index (χ4v) is 1.93. The van der Waals surface area contributed by atoms with E-state index >= 15 is 0 Å². The van der Waals surface area contributed by atoms with Crippen molar-refractivity contribution in [1.29, 1.82) is 0 Å². The van der Waals surface area contributed by atoms with Crippen LogP contribution in [0, 0.1) is 0 Å². The van der Waals surface area contributed by atoms with Crippen molar-refractivity contribution in [2.24, 2.45) is 0 Å². The Hall–Kier alpha value is -1.29. The van der Waals surface area contributed by atoms with Gasteiger partial charge in [-0.3, -0.25) is 0 Å². The summed E-state index contributed by atoms with van der Waals surface area (Å²) in [6.07, 6.45) is 0. The Morgan fingerprint density at radius 1 is 1.11 bits per heavy atom. The van der Waals surface area contributed by atoms with Gasteiger partial charge in [-0.25, -0.2) is 4.98 Å². The molecule has 19 heavy (non-hydrogen) atoms. The van der Waals surface area contributed by atoms with Crippen LogP contribution in [0.2, 0.25) is 10.2 Å². The molecule has 2 rings (SSSR count). The SMILES string of the molecule is COCc1cccc(OCc2nc(Cl)ccc2Cl)c1. The van der Waals surface area contributed by atoms with Crippen LogP contribution in [0.5, 0.6) is 5.75 Å². The molecule has 0 bridgehead atoms. The molecule has 0 spiro atoms. The van der Waals surface area contributed by atoms with Crippen molar-refractivity contribution in [3.63, 3.8) is 0 Å². The summed E-state index contributed by atoms with van der Waals surface area (Å²) < 4.78 is 10.7. The Morgan fingerprint density at radius 3 is 2.74 bits per heavy atom. The minimum atomic E-state index is 0.274. The van der Waals surface area contributed by atoms with Crippen LogP contribution >= 0.6 is 23.2 Å². The lowest BCUT2D eigenvalue weighted by atomic mass is 10.2. The second-order valence-corrected chi connectivity index (χ2v) is 4.73. The van der Waals surface area contributed by atoms with Crippen molar-refractivity contribution >= 4 is 23.2 Å². The van der Waals surface area contributed by atoms with Crippen molar-refractivity contribution in [3.05, 3.63) is 57.8 Å². The van der Waals surface area contributed by atoms with E-state index in [4.69, 9.17) is 32.7 Å². The van der Waals surface area contributed by atoms with Crippen LogP contribution in [-0.4, -0.2) is 12.1 Å². The van der Waals surface area contributed by atoms with E-state index < -0.39 is 0 Å². The van der Waals surface area contributed by atoms with Crippen molar-refractivity contribution < 1.29 is 9.47 Å². The van der Waals surface area contributed by atoms with E-state index in [1.807, 2.05) is 24.3 Å². The summed E-state index contributed by atoms with van der Waals surface area (Å²) in [6, 6.07) is 11.0. The predicted octanol–water partition coefficient (Wildman–Crippen LogP) is 4.11. The Balaban J connectivity index is 2.05. The predicted molar refractivity (Wildman–Crippen MR) is 75.7 cm³/mol. The molecule has 0 aliphatic rings. The number of rotatable bonds is 5. The first-order valence-electron chi connectivity index (χ1n) is 5.70. The minimum Gasteiger partial charge on any atom is -0.487 e. The van der Waals surface area contributed by atoms with Crippen LogP contribution in [0.4, 0.5) is 0 Å². The van der Waals surface area contributed by atoms with E-state index in [1.54, 1.807) is 19.2 Å². The molecule has 0 N–H and O–H groups in total. The van der Waals surface area contributed by atoms with Crippen molar-refractivity contribution in [3.8, 4) is 5.75 Å². The van der Waals surface area contributed by atoms with E-state index in [-0.39, 0.29) is 6.61 Å². The molecule has 0 fully saturated rings. The van der Waals surface area contributed by atoms with Gasteiger partial charge in [-0.1, -0.05) is 35.3 Å². The first-order chi connectivity index (χ1) is 9.19. The van der Waals surface area contributed by atoms with Gasteiger partial charge in [0.1, 0.15) is 17.5 Å². The molecular weight excluding hydrogens is 285 g/mol. The lowest BCUT2D eigenvalue weighted by molar-refractivity contribution is 0.184. The topological polar surface area (TPSA) is 31.4 Å². The second-order valence-electron chi connectivity index (χ2n) is 3.93. The summed E-state index contributed by atoms with van der Waals surface area (Å²) >= 11 is 11.8. The van der Waals surface area contributed by atoms with Gasteiger partial charge >= 0.3 is 0 Å². The Morgan fingerprint density at radius 2 is 1.95 bits per heavy atom. The smallest absolute Gasteiger partial charge is 0.132 e. The van der Waals surface area contributed by atoms with Gasteiger partial charge in [0.2, 0.25) is 0 Å². The summed E-state index contributed by atoms with van der Waals surface area (Å²) in [5.41, 5.74) is 1.66. The highest BCUT2D eigenvalue weighted by Crippen LogP contribution is 2.20. The van der Waals surface area contributed by atoms with E-state index in [2.05, 4.69) is 4.98 Å². The molecule has 0 radical (unpaired) electrons. The van der Waals surface area contributed by atoms with Gasteiger partial charge in [0.15, 0.2) is 0 Å². The third kappa shape index (κ3) is 4.10. The maximum atomic E-state index is 6.02. The van der Waals surface area contributed by atoms with Gasteiger partial charge in [0.25, 0.3) is 0 Å². The third-order valence-corrected chi connectivity index (χ3v) is 3.02. The van der Waals surface area contributed by atoms with Crippen LogP contribution in [0.3, 0.4) is 0 Å². The van der Waals surface area contributed by atoms with Crippen LogP contribution < -0.4 is 4.74 Å². The molecule has 0 aliphatic carbocycles. The number of hydrogen-bond acceptors (Lipinski definition) is 3. The molecule has 3 nitrogen and oxygen atoms in total. The molecule has 5 heteroatoms. The number of methoxy groups -OCH3 is 1. The molecule has 1 heterocycles. The van der Waals surface area contributed by atoms with Crippen LogP contribution in [-0.2, 0) is 18.0 Å². The molecule has 1 aromatic carbocycles. The number of benzene rings is 1. The molecule has 100 valence electrons. The quantitative estimate of drug-likeness (QED) is 0.778. The molecule has 0 aliphatic heterocycles. The lowest BCUT2D eigenvalue weighted by Crippen LogP contribution is -2.00. The standard InChI is InChI=1S/C14H13Cl2NO2/c1-18-8-10-3-2-4-11(7-10)19-9-13-12(15)5-6-14(16)17-13/h2-7H,8-9H2,1H3. The molecule has 1 aromatic heterocycles. The summed E-state index contributed by atoms with van der Waals surface area (Å²) in [5.74, 6) is 0.743. The first-order valence-corrected chi connectivity index (χ1v) is 6.46. The molecule has 0 unspecified atom stereocenters. The molecule has 0 saturated carbocycles. The van der Waals surface area contributed by atoms with E-state index in [0.29, 0.717) is 22.5 Å². The zero-order chi connectivity index (χ0) is 13.7. The van der Waals surface area contributed by atoms with Gasteiger partial charge in [-0.05, 0) is 29.8 Å². The number of nitrogens with zero attached hydrogens (tertiary/aromatic N) is 1. The van der Waals surface area contributed by atoms with Gasteiger partial charge in [-0.2, -0.15) is 0 Å². The van der Waals surface area contributed by atoms with Gasteiger partial charge in [0, 0.05) is 7.11 Å². The minimum absolute atomic E-state index is 0.274. The zero-order valence-corrected chi connectivity index (χ0v) is 11.9. The van der Waals surface area contributed by atoms with Crippen molar-refractivity contribution in [2.45, 2.75) is 13.2 Å². The Kier molecular flexibility index (Phi) is 5.02. The monoisotopic (exact) mass is 297 g/mol. The Bertz CT molecular complexity index is 561. The van der Waals surface area contributed by atoms with Crippen molar-refractivity contribution in [2.75, 3.05) is 7.11 Å². The number of halogens is 2. The molecule has 0 amide bonds. The Labute approximate surface area is 122 Å². The van der Waals surface area contributed by atoms with Crippen LogP contribution in [0.15, 0.2) is 36.4 Å². The summed E-state index contributed by atoms with van der Waals surface area (Å²) in [7, 11) is 1.66. The van der Waals surface area contributed by atoms with Crippen molar-refractivity contribution in [1.82, 2.24) is 4.98 Å².